The third-order valence-corrected chi connectivity index (χ3v) is 3.36. The van der Waals surface area contributed by atoms with Gasteiger partial charge in [-0.3, -0.25) is 0 Å². The molecule has 1 aliphatic heterocycles. The largest absolute Gasteiger partial charge is 0.428 e. The van der Waals surface area contributed by atoms with Crippen molar-refractivity contribution in [3.05, 3.63) is 19.1 Å². The van der Waals surface area contributed by atoms with E-state index in [1.165, 1.54) is 6.67 Å². The molecule has 0 aromatic carbocycles. The summed E-state index contributed by atoms with van der Waals surface area (Å²) in [6.07, 6.45) is -24.7. The van der Waals surface area contributed by atoms with Gasteiger partial charge in [0.1, 0.15) is 0 Å². The van der Waals surface area contributed by atoms with Crippen molar-refractivity contribution in [2.24, 2.45) is 0 Å². The van der Waals surface area contributed by atoms with Gasteiger partial charge in [-0.05, 0) is 0 Å². The van der Waals surface area contributed by atoms with Gasteiger partial charge in [0.25, 0.3) is 11.2 Å². The van der Waals surface area contributed by atoms with Crippen LogP contribution >= 0.6 is 0 Å². The van der Waals surface area contributed by atoms with Crippen LogP contribution in [0.3, 0.4) is 0 Å². The molecule has 0 spiro atoms. The molecule has 1 rings (SSSR count). The number of nitrogens with zero attached hydrogens (tertiary/aromatic N) is 2. The van der Waals surface area contributed by atoms with E-state index >= 15 is 0 Å². The van der Waals surface area contributed by atoms with Crippen molar-refractivity contribution >= 4 is 0 Å². The minimum Gasteiger partial charge on any atom is -0.372 e. The van der Waals surface area contributed by atoms with Gasteiger partial charge < -0.3 is 20.0 Å². The second-order valence-electron chi connectivity index (χ2n) is 5.37. The summed E-state index contributed by atoms with van der Waals surface area (Å²) in [6.45, 7) is -3.39. The molecule has 0 fully saturated rings. The third-order valence-electron chi connectivity index (χ3n) is 3.36. The average molecular weight is 428 g/mol. The van der Waals surface area contributed by atoms with Crippen LogP contribution < -0.4 is 0 Å². The van der Waals surface area contributed by atoms with E-state index in [4.69, 9.17) is 10.2 Å². The van der Waals surface area contributed by atoms with Crippen molar-refractivity contribution in [1.82, 2.24) is 9.80 Å². The van der Waals surface area contributed by atoms with E-state index in [2.05, 4.69) is 0 Å². The fraction of sp³-hybridized carbons (Fsp3) is 0.727. The zero-order valence-electron chi connectivity index (χ0n) is 12.4. The fourth-order valence-corrected chi connectivity index (χ4v) is 1.74. The fourth-order valence-electron chi connectivity index (χ4n) is 1.74. The van der Waals surface area contributed by atoms with Gasteiger partial charge in [0.2, 0.25) is 6.67 Å². The number of alkyl halides is 12. The molecule has 27 heavy (non-hydrogen) atoms. The summed E-state index contributed by atoms with van der Waals surface area (Å²) in [7, 11) is 0. The molecule has 4 nitrogen and oxygen atoms in total. The maximum absolute atomic E-state index is 12.5. The van der Waals surface area contributed by atoms with Crippen LogP contribution in [0.25, 0.3) is 0 Å². The number of hydrogen-bond donors (Lipinski definition) is 2. The smallest absolute Gasteiger partial charge is 0.372 e. The molecule has 0 unspecified atom stereocenters. The predicted octanol–water partition coefficient (Wildman–Crippen LogP) is 2.78. The Morgan fingerprint density at radius 3 is 0.963 bits per heavy atom. The van der Waals surface area contributed by atoms with E-state index in [0.29, 0.717) is 0 Å². The van der Waals surface area contributed by atoms with E-state index in [1.807, 2.05) is 0 Å². The predicted molar refractivity (Wildman–Crippen MR) is 59.9 cm³/mol. The molecule has 0 atom stereocenters. The van der Waals surface area contributed by atoms with Gasteiger partial charge >= 0.3 is 24.7 Å². The Morgan fingerprint density at radius 1 is 0.556 bits per heavy atom. The molecule has 0 saturated carbocycles. The van der Waals surface area contributed by atoms with Crippen molar-refractivity contribution < 1.29 is 62.9 Å². The topological polar surface area (TPSA) is 46.9 Å². The number of hydrogen-bond acceptors (Lipinski definition) is 4. The van der Waals surface area contributed by atoms with Gasteiger partial charge in [0, 0.05) is 12.4 Å². The summed E-state index contributed by atoms with van der Waals surface area (Å²) in [5, 5.41) is 17.9. The molecule has 2 radical (unpaired) electrons. The maximum atomic E-state index is 12.5. The zero-order valence-corrected chi connectivity index (χ0v) is 12.4. The van der Waals surface area contributed by atoms with Crippen LogP contribution in [0.2, 0.25) is 0 Å². The lowest BCUT2D eigenvalue weighted by molar-refractivity contribution is -0.370. The molecule has 0 saturated heterocycles. The first-order chi connectivity index (χ1) is 11.7. The molecule has 0 aromatic rings. The lowest BCUT2D eigenvalue weighted by Crippen LogP contribution is -2.63. The molecule has 1 heterocycles. The second kappa shape index (κ2) is 6.49. The van der Waals surface area contributed by atoms with E-state index in [1.54, 1.807) is 0 Å². The lowest BCUT2D eigenvalue weighted by atomic mass is 10.0. The van der Waals surface area contributed by atoms with Crippen molar-refractivity contribution in [3.8, 4) is 0 Å². The molecule has 0 aliphatic carbocycles. The molecule has 2 N–H and O–H groups in total. The van der Waals surface area contributed by atoms with E-state index in [9.17, 15) is 52.7 Å². The van der Waals surface area contributed by atoms with Crippen LogP contribution in [0, 0.1) is 6.67 Å². The highest BCUT2D eigenvalue weighted by molar-refractivity contribution is 5.07. The van der Waals surface area contributed by atoms with Crippen LogP contribution in [-0.4, -0.2) is 69.0 Å². The minimum absolute atomic E-state index is 0.204. The van der Waals surface area contributed by atoms with E-state index < -0.39 is 49.0 Å². The molecule has 0 aromatic heterocycles. The Hall–Kier alpha value is -1.58. The maximum Gasteiger partial charge on any atom is 0.428 e. The van der Waals surface area contributed by atoms with Crippen LogP contribution in [-0.2, 0) is 0 Å². The van der Waals surface area contributed by atoms with Gasteiger partial charge in [0.05, 0.1) is 13.1 Å². The first kappa shape index (κ1) is 23.5. The second-order valence-corrected chi connectivity index (χ2v) is 5.37. The summed E-state index contributed by atoms with van der Waals surface area (Å²) in [5.74, 6) is 0. The van der Waals surface area contributed by atoms with Gasteiger partial charge in [-0.25, -0.2) is 0 Å². The average Bonchev–Trinajstić information content (AvgIpc) is 2.80. The Bertz CT molecular complexity index is 486. The molecule has 16 heteroatoms. The summed E-state index contributed by atoms with van der Waals surface area (Å²) in [5.41, 5.74) is -10.7. The quantitative estimate of drug-likeness (QED) is 0.677. The zero-order chi connectivity index (χ0) is 21.7. The lowest BCUT2D eigenvalue weighted by Gasteiger charge is -2.36. The monoisotopic (exact) mass is 428 g/mol. The van der Waals surface area contributed by atoms with Gasteiger partial charge in [-0.2, -0.15) is 52.7 Å². The number of halogens is 12. The number of rotatable bonds is 4. The highest BCUT2D eigenvalue weighted by atomic mass is 19.4. The Balaban J connectivity index is 2.98. The standard InChI is InChI=1S/C11H8F12N2O2/c12-8(13,14)6(26,9(15,16)17)3-24-1-2-25(5-24)4-7(27,10(18,19)20)11(21,22)23/h1-2,26-27H,3-4H2. The molecular formula is C11H8F12N2O2. The van der Waals surface area contributed by atoms with E-state index in [0.717, 1.165) is 0 Å². The number of aliphatic hydroxyl groups is 2. The van der Waals surface area contributed by atoms with Gasteiger partial charge in [-0.15, -0.1) is 0 Å². The van der Waals surface area contributed by atoms with Crippen LogP contribution in [0.4, 0.5) is 52.7 Å². The summed E-state index contributed by atoms with van der Waals surface area (Å²) < 4.78 is 150. The highest BCUT2D eigenvalue weighted by Gasteiger charge is 2.72. The van der Waals surface area contributed by atoms with E-state index in [-0.39, 0.29) is 22.2 Å². The van der Waals surface area contributed by atoms with Crippen LogP contribution in [0.5, 0.6) is 0 Å². The van der Waals surface area contributed by atoms with Crippen molar-refractivity contribution in [2.45, 2.75) is 35.9 Å². The summed E-state index contributed by atoms with van der Waals surface area (Å²) in [6, 6.07) is 0. The summed E-state index contributed by atoms with van der Waals surface area (Å²) in [4.78, 5) is -0.512. The molecule has 0 amide bonds. The molecular weight excluding hydrogens is 420 g/mol. The van der Waals surface area contributed by atoms with Gasteiger partial charge in [-0.1, -0.05) is 0 Å². The highest BCUT2D eigenvalue weighted by Crippen LogP contribution is 2.46. The Labute approximate surface area is 142 Å². The summed E-state index contributed by atoms with van der Waals surface area (Å²) >= 11 is 0. The third kappa shape index (κ3) is 4.30. The van der Waals surface area contributed by atoms with Crippen LogP contribution in [0.15, 0.2) is 12.4 Å². The Morgan fingerprint density at radius 2 is 0.778 bits per heavy atom. The first-order valence-corrected chi connectivity index (χ1v) is 6.35. The molecule has 1 aliphatic rings. The van der Waals surface area contributed by atoms with Crippen molar-refractivity contribution in [2.75, 3.05) is 13.1 Å². The van der Waals surface area contributed by atoms with Crippen molar-refractivity contribution in [3.63, 3.8) is 0 Å². The van der Waals surface area contributed by atoms with Crippen LogP contribution in [0.1, 0.15) is 0 Å². The minimum atomic E-state index is -6.27. The SMILES string of the molecule is OC(CN1[C]N(CC(O)(C(F)(F)F)C(F)(F)F)C=C1)(C(F)(F)F)C(F)(F)F. The van der Waals surface area contributed by atoms with Gasteiger partial charge in [0.15, 0.2) is 0 Å². The molecule has 158 valence electrons. The molecule has 0 bridgehead atoms. The Kier molecular flexibility index (Phi) is 5.64. The van der Waals surface area contributed by atoms with Crippen molar-refractivity contribution in [1.29, 1.82) is 0 Å². The number of β-amino-alcohol motifs (C(OH)–C–C–N with tert-alkyl or cyclic N) is 2. The normalized spacial score (nSPS) is 17.9. The first-order valence-electron chi connectivity index (χ1n) is 6.35.